The molecule has 0 amide bonds. The highest BCUT2D eigenvalue weighted by Crippen LogP contribution is 2.33. The molecule has 0 aromatic heterocycles. The molecule has 0 saturated carbocycles. The minimum atomic E-state index is 1.14. The van der Waals surface area contributed by atoms with Crippen LogP contribution in [0.3, 0.4) is 0 Å². The molecule has 2 heteroatoms. The first-order valence-corrected chi connectivity index (χ1v) is 7.12. The maximum atomic E-state index is 3.14. The molecule has 0 spiro atoms. The second-order valence-corrected chi connectivity index (χ2v) is 5.47. The van der Waals surface area contributed by atoms with E-state index in [-0.39, 0.29) is 0 Å². The van der Waals surface area contributed by atoms with Crippen molar-refractivity contribution in [1.29, 1.82) is 0 Å². The van der Waals surface area contributed by atoms with Crippen molar-refractivity contribution < 1.29 is 0 Å². The lowest BCUT2D eigenvalue weighted by Gasteiger charge is -2.07. The Morgan fingerprint density at radius 1 is 0.789 bits per heavy atom. The van der Waals surface area contributed by atoms with Crippen molar-refractivity contribution >= 4 is 28.2 Å². The predicted molar refractivity (Wildman–Crippen MR) is 84.1 cm³/mol. The fourth-order valence-corrected chi connectivity index (χ4v) is 3.07. The first-order chi connectivity index (χ1) is 9.36. The Kier molecular flexibility index (Phi) is 3.43. The molecule has 1 N–H and O–H groups in total. The van der Waals surface area contributed by atoms with E-state index >= 15 is 0 Å². The molecule has 94 valence electrons. The van der Waals surface area contributed by atoms with Crippen molar-refractivity contribution in [3.63, 3.8) is 0 Å². The zero-order chi connectivity index (χ0) is 13.1. The fraction of sp³-hybridized carbons (Fsp3) is 0.0588. The number of hydrogen-bond donors (Lipinski definition) is 1. The van der Waals surface area contributed by atoms with Crippen molar-refractivity contribution in [3.05, 3.63) is 66.7 Å². The molecule has 0 heterocycles. The molecular formula is C17H15NS. The summed E-state index contributed by atoms with van der Waals surface area (Å²) >= 11 is 1.81. The Morgan fingerprint density at radius 2 is 1.53 bits per heavy atom. The van der Waals surface area contributed by atoms with Crippen LogP contribution in [0.1, 0.15) is 0 Å². The molecule has 0 fully saturated rings. The average molecular weight is 265 g/mol. The maximum absolute atomic E-state index is 3.14. The number of hydrogen-bond acceptors (Lipinski definition) is 2. The van der Waals surface area contributed by atoms with Gasteiger partial charge in [0.15, 0.2) is 0 Å². The lowest BCUT2D eigenvalue weighted by Crippen LogP contribution is -1.86. The normalized spacial score (nSPS) is 10.6. The zero-order valence-corrected chi connectivity index (χ0v) is 11.6. The summed E-state index contributed by atoms with van der Waals surface area (Å²) in [4.78, 5) is 2.56. The van der Waals surface area contributed by atoms with E-state index in [9.17, 15) is 0 Å². The largest absolute Gasteiger partial charge is 0.388 e. The molecule has 0 aliphatic rings. The maximum Gasteiger partial charge on any atom is 0.0338 e. The molecule has 0 radical (unpaired) electrons. The second kappa shape index (κ2) is 5.37. The van der Waals surface area contributed by atoms with Crippen LogP contribution >= 0.6 is 11.8 Å². The number of benzene rings is 3. The minimum Gasteiger partial charge on any atom is -0.388 e. The smallest absolute Gasteiger partial charge is 0.0338 e. The van der Waals surface area contributed by atoms with Crippen molar-refractivity contribution in [2.75, 3.05) is 12.4 Å². The molecule has 0 aliphatic heterocycles. The third-order valence-corrected chi connectivity index (χ3v) is 4.20. The van der Waals surface area contributed by atoms with Gasteiger partial charge in [0.25, 0.3) is 0 Å². The summed E-state index contributed by atoms with van der Waals surface area (Å²) < 4.78 is 0. The van der Waals surface area contributed by atoms with E-state index in [4.69, 9.17) is 0 Å². The van der Waals surface area contributed by atoms with Gasteiger partial charge in [-0.15, -0.1) is 0 Å². The molecule has 1 nitrogen and oxygen atoms in total. The monoisotopic (exact) mass is 265 g/mol. The molecule has 0 saturated heterocycles. The topological polar surface area (TPSA) is 12.0 Å². The number of fused-ring (bicyclic) bond motifs is 1. The Morgan fingerprint density at radius 3 is 2.32 bits per heavy atom. The van der Waals surface area contributed by atoms with Gasteiger partial charge in [0.05, 0.1) is 0 Å². The van der Waals surface area contributed by atoms with Gasteiger partial charge in [-0.2, -0.15) is 0 Å². The Bertz CT molecular complexity index is 684. The summed E-state index contributed by atoms with van der Waals surface area (Å²) in [6, 6.07) is 23.5. The molecule has 0 aliphatic carbocycles. The second-order valence-electron chi connectivity index (χ2n) is 4.35. The van der Waals surface area contributed by atoms with Gasteiger partial charge >= 0.3 is 0 Å². The molecule has 3 aromatic rings. The lowest BCUT2D eigenvalue weighted by atomic mass is 10.1. The number of anilines is 1. The van der Waals surface area contributed by atoms with Crippen LogP contribution in [0.15, 0.2) is 76.5 Å². The SMILES string of the molecule is CNc1ccc(Sc2cccc3ccccc23)cc1. The van der Waals surface area contributed by atoms with Gasteiger partial charge in [-0.1, -0.05) is 48.2 Å². The summed E-state index contributed by atoms with van der Waals surface area (Å²) in [5.74, 6) is 0. The Balaban J connectivity index is 1.96. The van der Waals surface area contributed by atoms with Gasteiger partial charge in [-0.3, -0.25) is 0 Å². The van der Waals surface area contributed by atoms with Gasteiger partial charge in [0, 0.05) is 22.5 Å². The predicted octanol–water partition coefficient (Wildman–Crippen LogP) is 5.03. The van der Waals surface area contributed by atoms with E-state index in [0.29, 0.717) is 0 Å². The third kappa shape index (κ3) is 2.59. The first kappa shape index (κ1) is 12.1. The van der Waals surface area contributed by atoms with Crippen LogP contribution in [0, 0.1) is 0 Å². The highest BCUT2D eigenvalue weighted by molar-refractivity contribution is 7.99. The van der Waals surface area contributed by atoms with Gasteiger partial charge in [0.2, 0.25) is 0 Å². The van der Waals surface area contributed by atoms with Crippen LogP contribution in [0.2, 0.25) is 0 Å². The molecule has 3 rings (SSSR count). The van der Waals surface area contributed by atoms with E-state index in [2.05, 4.69) is 72.0 Å². The van der Waals surface area contributed by atoms with E-state index in [1.807, 2.05) is 18.8 Å². The van der Waals surface area contributed by atoms with Gasteiger partial charge in [-0.05, 0) is 41.1 Å². The van der Waals surface area contributed by atoms with Gasteiger partial charge < -0.3 is 5.32 Å². The standard InChI is InChI=1S/C17H15NS/c1-18-14-9-11-15(12-10-14)19-17-8-4-6-13-5-2-3-7-16(13)17/h2-12,18H,1H3. The highest BCUT2D eigenvalue weighted by atomic mass is 32.2. The molecular weight excluding hydrogens is 250 g/mol. The van der Waals surface area contributed by atoms with Crippen molar-refractivity contribution in [2.24, 2.45) is 0 Å². The van der Waals surface area contributed by atoms with Crippen molar-refractivity contribution in [2.45, 2.75) is 9.79 Å². The van der Waals surface area contributed by atoms with Crippen molar-refractivity contribution in [1.82, 2.24) is 0 Å². The molecule has 0 bridgehead atoms. The molecule has 3 aromatic carbocycles. The van der Waals surface area contributed by atoms with Gasteiger partial charge in [0.1, 0.15) is 0 Å². The van der Waals surface area contributed by atoms with E-state index in [1.165, 1.54) is 20.6 Å². The van der Waals surface area contributed by atoms with E-state index in [0.717, 1.165) is 5.69 Å². The minimum absolute atomic E-state index is 1.14. The summed E-state index contributed by atoms with van der Waals surface area (Å²) in [6.07, 6.45) is 0. The molecule has 0 atom stereocenters. The molecule has 19 heavy (non-hydrogen) atoms. The van der Waals surface area contributed by atoms with Crippen LogP contribution in [0.5, 0.6) is 0 Å². The Labute approximate surface area is 117 Å². The summed E-state index contributed by atoms with van der Waals surface area (Å²) in [7, 11) is 1.94. The summed E-state index contributed by atoms with van der Waals surface area (Å²) in [5.41, 5.74) is 1.14. The summed E-state index contributed by atoms with van der Waals surface area (Å²) in [6.45, 7) is 0. The summed E-state index contributed by atoms with van der Waals surface area (Å²) in [5, 5.41) is 5.74. The van der Waals surface area contributed by atoms with Crippen LogP contribution in [0.4, 0.5) is 5.69 Å². The fourth-order valence-electron chi connectivity index (χ4n) is 2.10. The van der Waals surface area contributed by atoms with Gasteiger partial charge in [-0.25, -0.2) is 0 Å². The first-order valence-electron chi connectivity index (χ1n) is 6.30. The van der Waals surface area contributed by atoms with Crippen LogP contribution in [0.25, 0.3) is 10.8 Å². The number of nitrogens with one attached hydrogen (secondary N) is 1. The van der Waals surface area contributed by atoms with Crippen LogP contribution in [-0.2, 0) is 0 Å². The van der Waals surface area contributed by atoms with E-state index < -0.39 is 0 Å². The average Bonchev–Trinajstić information content (AvgIpc) is 2.48. The third-order valence-electron chi connectivity index (χ3n) is 3.12. The van der Waals surface area contributed by atoms with Crippen molar-refractivity contribution in [3.8, 4) is 0 Å². The zero-order valence-electron chi connectivity index (χ0n) is 10.8. The lowest BCUT2D eigenvalue weighted by molar-refractivity contribution is 1.41. The van der Waals surface area contributed by atoms with Crippen LogP contribution < -0.4 is 5.32 Å². The number of rotatable bonds is 3. The quantitative estimate of drug-likeness (QED) is 0.712. The Hall–Kier alpha value is -1.93. The van der Waals surface area contributed by atoms with E-state index in [1.54, 1.807) is 0 Å². The molecule has 0 unspecified atom stereocenters. The van der Waals surface area contributed by atoms with Crippen LogP contribution in [-0.4, -0.2) is 7.05 Å². The highest BCUT2D eigenvalue weighted by Gasteiger charge is 2.02.